The molecule has 1 aromatic carbocycles. The van der Waals surface area contributed by atoms with Crippen LogP contribution >= 0.6 is 11.3 Å². The van der Waals surface area contributed by atoms with Gasteiger partial charge in [-0.3, -0.25) is 4.90 Å². The molecule has 0 saturated heterocycles. The summed E-state index contributed by atoms with van der Waals surface area (Å²) in [5.74, 6) is 3.02. The fourth-order valence-electron chi connectivity index (χ4n) is 3.48. The standard InChI is InChI=1S/C20H24N4O2S/c1-11-13(3)27-20-17(11)18(21)22-19(23-20)12(2)24-7-8-26-16-9-15(25-4)6-5-14(16)10-24/h5-6,9,12H,7-8,10H2,1-4H3,(H2,21,22,23). The maximum atomic E-state index is 6.28. The number of hydrogen-bond donors (Lipinski definition) is 1. The number of aryl methyl sites for hydroxylation is 2. The molecule has 3 heterocycles. The molecule has 1 atom stereocenters. The molecule has 27 heavy (non-hydrogen) atoms. The van der Waals surface area contributed by atoms with Gasteiger partial charge in [-0.1, -0.05) is 6.07 Å². The summed E-state index contributed by atoms with van der Waals surface area (Å²) in [5, 5.41) is 0.991. The predicted octanol–water partition coefficient (Wildman–Crippen LogP) is 3.85. The summed E-state index contributed by atoms with van der Waals surface area (Å²) < 4.78 is 11.2. The first kappa shape index (κ1) is 18.0. The highest BCUT2D eigenvalue weighted by atomic mass is 32.1. The number of fused-ring (bicyclic) bond motifs is 2. The predicted molar refractivity (Wildman–Crippen MR) is 109 cm³/mol. The highest BCUT2D eigenvalue weighted by Gasteiger charge is 2.24. The zero-order valence-electron chi connectivity index (χ0n) is 16.1. The van der Waals surface area contributed by atoms with Crippen LogP contribution in [0.5, 0.6) is 11.5 Å². The van der Waals surface area contributed by atoms with Gasteiger partial charge >= 0.3 is 0 Å². The van der Waals surface area contributed by atoms with E-state index in [0.29, 0.717) is 12.4 Å². The first-order chi connectivity index (χ1) is 13.0. The third kappa shape index (κ3) is 3.21. The molecule has 0 fully saturated rings. The lowest BCUT2D eigenvalue weighted by molar-refractivity contribution is 0.174. The number of hydrogen-bond acceptors (Lipinski definition) is 7. The second-order valence-corrected chi connectivity index (χ2v) is 8.10. The highest BCUT2D eigenvalue weighted by molar-refractivity contribution is 7.18. The van der Waals surface area contributed by atoms with Crippen molar-refractivity contribution in [3.8, 4) is 11.5 Å². The van der Waals surface area contributed by atoms with Crippen molar-refractivity contribution in [2.75, 3.05) is 26.0 Å². The van der Waals surface area contributed by atoms with Gasteiger partial charge in [0.2, 0.25) is 0 Å². The summed E-state index contributed by atoms with van der Waals surface area (Å²) in [4.78, 5) is 14.0. The summed E-state index contributed by atoms with van der Waals surface area (Å²) in [7, 11) is 1.67. The van der Waals surface area contributed by atoms with E-state index in [0.717, 1.165) is 46.2 Å². The van der Waals surface area contributed by atoms with Crippen molar-refractivity contribution < 1.29 is 9.47 Å². The number of benzene rings is 1. The Kier molecular flexibility index (Phi) is 4.65. The number of anilines is 1. The molecular formula is C20H24N4O2S. The van der Waals surface area contributed by atoms with Gasteiger partial charge in [-0.2, -0.15) is 0 Å². The molecule has 1 aliphatic heterocycles. The molecule has 2 N–H and O–H groups in total. The molecule has 0 radical (unpaired) electrons. The molecule has 7 heteroatoms. The van der Waals surface area contributed by atoms with Crippen LogP contribution in [-0.2, 0) is 6.54 Å². The monoisotopic (exact) mass is 384 g/mol. The number of thiophene rings is 1. The number of nitrogen functional groups attached to an aromatic ring is 1. The van der Waals surface area contributed by atoms with Gasteiger partial charge in [-0.05, 0) is 32.4 Å². The number of ether oxygens (including phenoxy) is 2. The van der Waals surface area contributed by atoms with E-state index in [1.165, 1.54) is 10.4 Å². The van der Waals surface area contributed by atoms with Crippen molar-refractivity contribution in [2.45, 2.75) is 33.4 Å². The van der Waals surface area contributed by atoms with E-state index >= 15 is 0 Å². The van der Waals surface area contributed by atoms with E-state index in [2.05, 4.69) is 36.7 Å². The Bertz CT molecular complexity index is 1000. The van der Waals surface area contributed by atoms with Gasteiger partial charge in [0, 0.05) is 29.6 Å². The quantitative estimate of drug-likeness (QED) is 0.739. The van der Waals surface area contributed by atoms with Crippen molar-refractivity contribution in [2.24, 2.45) is 0 Å². The van der Waals surface area contributed by atoms with Gasteiger partial charge in [-0.15, -0.1) is 11.3 Å². The van der Waals surface area contributed by atoms with E-state index in [1.54, 1.807) is 18.4 Å². The van der Waals surface area contributed by atoms with Crippen molar-refractivity contribution in [3.63, 3.8) is 0 Å². The minimum Gasteiger partial charge on any atom is -0.497 e. The lowest BCUT2D eigenvalue weighted by atomic mass is 10.1. The maximum Gasteiger partial charge on any atom is 0.149 e. The van der Waals surface area contributed by atoms with Crippen LogP contribution in [-0.4, -0.2) is 35.1 Å². The molecule has 1 aliphatic rings. The Morgan fingerprint density at radius 1 is 1.30 bits per heavy atom. The van der Waals surface area contributed by atoms with Crippen LogP contribution in [0.15, 0.2) is 18.2 Å². The fourth-order valence-corrected chi connectivity index (χ4v) is 4.52. The first-order valence-electron chi connectivity index (χ1n) is 9.04. The maximum absolute atomic E-state index is 6.28. The van der Waals surface area contributed by atoms with Crippen LogP contribution in [0.2, 0.25) is 0 Å². The van der Waals surface area contributed by atoms with E-state index in [9.17, 15) is 0 Å². The van der Waals surface area contributed by atoms with Gasteiger partial charge in [0.25, 0.3) is 0 Å². The Labute approximate surface area is 162 Å². The summed E-state index contributed by atoms with van der Waals surface area (Å²) in [6, 6.07) is 6.01. The SMILES string of the molecule is COc1ccc2c(c1)OCCN(C(C)c1nc(N)c3c(C)c(C)sc3n1)C2. The largest absolute Gasteiger partial charge is 0.497 e. The van der Waals surface area contributed by atoms with Crippen molar-refractivity contribution in [1.82, 2.24) is 14.9 Å². The molecular weight excluding hydrogens is 360 g/mol. The molecule has 3 aromatic rings. The molecule has 0 bridgehead atoms. The average Bonchev–Trinajstić information content (AvgIpc) is 2.83. The Morgan fingerprint density at radius 2 is 2.11 bits per heavy atom. The van der Waals surface area contributed by atoms with Gasteiger partial charge in [-0.25, -0.2) is 9.97 Å². The van der Waals surface area contributed by atoms with Crippen LogP contribution in [0.4, 0.5) is 5.82 Å². The zero-order valence-corrected chi connectivity index (χ0v) is 16.9. The van der Waals surface area contributed by atoms with Gasteiger partial charge in [0.1, 0.15) is 34.6 Å². The molecule has 0 saturated carbocycles. The number of aromatic nitrogens is 2. The Morgan fingerprint density at radius 3 is 2.89 bits per heavy atom. The normalized spacial score (nSPS) is 15.9. The van der Waals surface area contributed by atoms with Crippen molar-refractivity contribution >= 4 is 27.4 Å². The second-order valence-electron chi connectivity index (χ2n) is 6.90. The van der Waals surface area contributed by atoms with E-state index in [1.807, 2.05) is 12.1 Å². The third-order valence-electron chi connectivity index (χ3n) is 5.28. The number of nitrogens with zero attached hydrogens (tertiary/aromatic N) is 3. The first-order valence-corrected chi connectivity index (χ1v) is 9.86. The highest BCUT2D eigenvalue weighted by Crippen LogP contribution is 2.35. The van der Waals surface area contributed by atoms with Crippen LogP contribution < -0.4 is 15.2 Å². The van der Waals surface area contributed by atoms with Crippen molar-refractivity contribution in [3.05, 3.63) is 40.0 Å². The summed E-state index contributed by atoms with van der Waals surface area (Å²) in [5.41, 5.74) is 8.59. The molecule has 0 aliphatic carbocycles. The molecule has 0 spiro atoms. The van der Waals surface area contributed by atoms with Gasteiger partial charge < -0.3 is 15.2 Å². The van der Waals surface area contributed by atoms with E-state index in [-0.39, 0.29) is 6.04 Å². The molecule has 1 unspecified atom stereocenters. The smallest absolute Gasteiger partial charge is 0.149 e. The Hall–Kier alpha value is -2.38. The summed E-state index contributed by atoms with van der Waals surface area (Å²) >= 11 is 1.68. The zero-order chi connectivity index (χ0) is 19.1. The lowest BCUT2D eigenvalue weighted by Gasteiger charge is -2.26. The second kappa shape index (κ2) is 6.98. The average molecular weight is 385 g/mol. The third-order valence-corrected chi connectivity index (χ3v) is 6.38. The van der Waals surface area contributed by atoms with Gasteiger partial charge in [0.15, 0.2) is 0 Å². The van der Waals surface area contributed by atoms with Crippen LogP contribution in [0, 0.1) is 13.8 Å². The number of rotatable bonds is 3. The molecule has 4 rings (SSSR count). The van der Waals surface area contributed by atoms with Crippen LogP contribution in [0.1, 0.15) is 34.8 Å². The number of methoxy groups -OCH3 is 1. The Balaban J connectivity index is 1.65. The topological polar surface area (TPSA) is 73.5 Å². The summed E-state index contributed by atoms with van der Waals surface area (Å²) in [6.07, 6.45) is 0. The molecule has 0 amide bonds. The minimum atomic E-state index is 0.0380. The fraction of sp³-hybridized carbons (Fsp3) is 0.400. The lowest BCUT2D eigenvalue weighted by Crippen LogP contribution is -2.30. The van der Waals surface area contributed by atoms with E-state index < -0.39 is 0 Å². The van der Waals surface area contributed by atoms with Crippen molar-refractivity contribution in [1.29, 1.82) is 0 Å². The summed E-state index contributed by atoms with van der Waals surface area (Å²) in [6.45, 7) is 8.48. The molecule has 6 nitrogen and oxygen atoms in total. The minimum absolute atomic E-state index is 0.0380. The van der Waals surface area contributed by atoms with Gasteiger partial charge in [0.05, 0.1) is 18.5 Å². The number of nitrogens with two attached hydrogens (primary N) is 1. The molecule has 142 valence electrons. The van der Waals surface area contributed by atoms with Crippen LogP contribution in [0.3, 0.4) is 0 Å². The van der Waals surface area contributed by atoms with E-state index in [4.69, 9.17) is 20.2 Å². The van der Waals surface area contributed by atoms with Crippen LogP contribution in [0.25, 0.3) is 10.2 Å². The molecule has 2 aromatic heterocycles.